The van der Waals surface area contributed by atoms with E-state index in [9.17, 15) is 4.79 Å². The van der Waals surface area contributed by atoms with Crippen molar-refractivity contribution in [1.29, 1.82) is 0 Å². The number of anilines is 1. The Morgan fingerprint density at radius 3 is 2.33 bits per heavy atom. The second kappa shape index (κ2) is 7.09. The van der Waals surface area contributed by atoms with Crippen molar-refractivity contribution in [2.45, 2.75) is 44.6 Å². The van der Waals surface area contributed by atoms with Crippen molar-refractivity contribution in [1.82, 2.24) is 9.55 Å². The number of aromatic nitrogens is 2. The summed E-state index contributed by atoms with van der Waals surface area (Å²) in [6.45, 7) is 0. The van der Waals surface area contributed by atoms with Crippen LogP contribution in [0.15, 0.2) is 16.9 Å². The third kappa shape index (κ3) is 2.91. The Kier molecular flexibility index (Phi) is 4.89. The van der Waals surface area contributed by atoms with Crippen LogP contribution in [0, 0.1) is 0 Å². The molecule has 1 aliphatic carbocycles. The number of hydrogen-bond acceptors (Lipinski definition) is 6. The van der Waals surface area contributed by atoms with Gasteiger partial charge in [-0.25, -0.2) is 10.8 Å². The third-order valence-corrected chi connectivity index (χ3v) is 4.72. The summed E-state index contributed by atoms with van der Waals surface area (Å²) in [5, 5.41) is 0.510. The van der Waals surface area contributed by atoms with Gasteiger partial charge in [-0.3, -0.25) is 14.8 Å². The second-order valence-electron chi connectivity index (χ2n) is 6.12. The Morgan fingerprint density at radius 1 is 1.12 bits per heavy atom. The first-order valence-electron chi connectivity index (χ1n) is 8.34. The van der Waals surface area contributed by atoms with Gasteiger partial charge in [-0.15, -0.1) is 0 Å². The lowest BCUT2D eigenvalue weighted by molar-refractivity contribution is 0.355. The van der Waals surface area contributed by atoms with Crippen LogP contribution < -0.4 is 26.3 Å². The largest absolute Gasteiger partial charge is 0.493 e. The summed E-state index contributed by atoms with van der Waals surface area (Å²) in [5.74, 6) is 7.10. The van der Waals surface area contributed by atoms with Crippen molar-refractivity contribution in [3.05, 3.63) is 22.5 Å². The number of ether oxygens (including phenoxy) is 2. The fourth-order valence-corrected chi connectivity index (χ4v) is 3.48. The van der Waals surface area contributed by atoms with Crippen molar-refractivity contribution >= 4 is 16.9 Å². The molecule has 0 saturated heterocycles. The van der Waals surface area contributed by atoms with E-state index in [4.69, 9.17) is 15.3 Å². The molecular weight excluding hydrogens is 308 g/mol. The molecular formula is C17H24N4O3. The highest BCUT2D eigenvalue weighted by Gasteiger charge is 2.21. The summed E-state index contributed by atoms with van der Waals surface area (Å²) in [7, 11) is 3.11. The highest BCUT2D eigenvalue weighted by Crippen LogP contribution is 2.32. The lowest BCUT2D eigenvalue weighted by Gasteiger charge is -2.21. The Labute approximate surface area is 140 Å². The maximum absolute atomic E-state index is 13.1. The van der Waals surface area contributed by atoms with E-state index in [1.54, 1.807) is 30.9 Å². The minimum Gasteiger partial charge on any atom is -0.493 e. The Balaban J connectivity index is 2.21. The molecule has 0 atom stereocenters. The van der Waals surface area contributed by atoms with Crippen molar-refractivity contribution in [2.75, 3.05) is 19.6 Å². The summed E-state index contributed by atoms with van der Waals surface area (Å²) < 4.78 is 12.3. The molecule has 0 amide bonds. The lowest BCUT2D eigenvalue weighted by atomic mass is 10.1. The molecule has 1 fully saturated rings. The minimum atomic E-state index is -0.0965. The SMILES string of the molecule is COc1cc2nc(NN)n(C3CCCCCC3)c(=O)c2cc1OC. The summed E-state index contributed by atoms with van der Waals surface area (Å²) in [5.41, 5.74) is 3.03. The van der Waals surface area contributed by atoms with Crippen LogP contribution in [-0.2, 0) is 0 Å². The van der Waals surface area contributed by atoms with Crippen LogP contribution in [0.4, 0.5) is 5.95 Å². The molecule has 0 unspecified atom stereocenters. The molecule has 2 aromatic rings. The number of nitrogens with two attached hydrogens (primary N) is 1. The van der Waals surface area contributed by atoms with Crippen LogP contribution in [0.25, 0.3) is 10.9 Å². The molecule has 1 heterocycles. The van der Waals surface area contributed by atoms with E-state index in [2.05, 4.69) is 10.4 Å². The summed E-state index contributed by atoms with van der Waals surface area (Å²) in [6, 6.07) is 3.52. The Bertz CT molecular complexity index is 779. The summed E-state index contributed by atoms with van der Waals surface area (Å²) in [4.78, 5) is 17.7. The summed E-state index contributed by atoms with van der Waals surface area (Å²) in [6.07, 6.45) is 6.59. The standard InChI is InChI=1S/C17H24N4O3/c1-23-14-9-12-13(10-15(14)24-2)19-17(20-18)21(16(12)22)11-7-5-3-4-6-8-11/h9-11H,3-8,18H2,1-2H3,(H,19,20). The number of nitrogen functional groups attached to an aromatic ring is 1. The highest BCUT2D eigenvalue weighted by atomic mass is 16.5. The zero-order valence-corrected chi connectivity index (χ0v) is 14.2. The van der Waals surface area contributed by atoms with Gasteiger partial charge >= 0.3 is 0 Å². The molecule has 1 aromatic heterocycles. The predicted octanol–water partition coefficient (Wildman–Crippen LogP) is 2.59. The predicted molar refractivity (Wildman–Crippen MR) is 93.7 cm³/mol. The molecule has 130 valence electrons. The number of nitrogens with zero attached hydrogens (tertiary/aromatic N) is 2. The smallest absolute Gasteiger partial charge is 0.263 e. The molecule has 0 aliphatic heterocycles. The maximum atomic E-state index is 13.1. The van der Waals surface area contributed by atoms with E-state index in [1.807, 2.05) is 0 Å². The van der Waals surface area contributed by atoms with E-state index < -0.39 is 0 Å². The average molecular weight is 332 g/mol. The zero-order chi connectivity index (χ0) is 17.1. The molecule has 0 spiro atoms. The van der Waals surface area contributed by atoms with Crippen LogP contribution >= 0.6 is 0 Å². The van der Waals surface area contributed by atoms with E-state index in [1.165, 1.54) is 12.8 Å². The second-order valence-corrected chi connectivity index (χ2v) is 6.12. The molecule has 1 aliphatic rings. The molecule has 1 aromatic carbocycles. The molecule has 7 nitrogen and oxygen atoms in total. The molecule has 3 rings (SSSR count). The van der Waals surface area contributed by atoms with E-state index in [0.29, 0.717) is 28.4 Å². The number of fused-ring (bicyclic) bond motifs is 1. The highest BCUT2D eigenvalue weighted by molar-refractivity contribution is 5.83. The van der Waals surface area contributed by atoms with E-state index >= 15 is 0 Å². The first kappa shape index (κ1) is 16.6. The number of benzene rings is 1. The van der Waals surface area contributed by atoms with Gasteiger partial charge in [-0.1, -0.05) is 25.7 Å². The molecule has 3 N–H and O–H groups in total. The third-order valence-electron chi connectivity index (χ3n) is 4.72. The minimum absolute atomic E-state index is 0.0965. The van der Waals surface area contributed by atoms with Gasteiger partial charge < -0.3 is 9.47 Å². The maximum Gasteiger partial charge on any atom is 0.263 e. The van der Waals surface area contributed by atoms with Gasteiger partial charge in [0.2, 0.25) is 5.95 Å². The fourth-order valence-electron chi connectivity index (χ4n) is 3.48. The van der Waals surface area contributed by atoms with Gasteiger partial charge in [0.05, 0.1) is 25.1 Å². The van der Waals surface area contributed by atoms with E-state index in [-0.39, 0.29) is 11.6 Å². The molecule has 7 heteroatoms. The monoisotopic (exact) mass is 332 g/mol. The van der Waals surface area contributed by atoms with Crippen LogP contribution in [-0.4, -0.2) is 23.8 Å². The topological polar surface area (TPSA) is 91.4 Å². The molecule has 1 saturated carbocycles. The Morgan fingerprint density at radius 2 is 1.75 bits per heavy atom. The lowest BCUT2D eigenvalue weighted by Crippen LogP contribution is -2.30. The molecule has 0 bridgehead atoms. The van der Waals surface area contributed by atoms with Gasteiger partial charge in [0.15, 0.2) is 11.5 Å². The fraction of sp³-hybridized carbons (Fsp3) is 0.529. The van der Waals surface area contributed by atoms with Gasteiger partial charge in [-0.05, 0) is 18.9 Å². The normalized spacial score (nSPS) is 16.0. The number of hydrogen-bond donors (Lipinski definition) is 2. The van der Waals surface area contributed by atoms with E-state index in [0.717, 1.165) is 25.7 Å². The summed E-state index contributed by atoms with van der Waals surface area (Å²) >= 11 is 0. The van der Waals surface area contributed by atoms with Crippen LogP contribution in [0.2, 0.25) is 0 Å². The number of hydrazine groups is 1. The van der Waals surface area contributed by atoms with Gasteiger partial charge in [-0.2, -0.15) is 0 Å². The quantitative estimate of drug-likeness (QED) is 0.508. The van der Waals surface area contributed by atoms with Crippen molar-refractivity contribution in [2.24, 2.45) is 5.84 Å². The van der Waals surface area contributed by atoms with Crippen LogP contribution in [0.3, 0.4) is 0 Å². The average Bonchev–Trinajstić information content (AvgIpc) is 2.89. The number of methoxy groups -OCH3 is 2. The van der Waals surface area contributed by atoms with Crippen molar-refractivity contribution < 1.29 is 9.47 Å². The van der Waals surface area contributed by atoms with Crippen molar-refractivity contribution in [3.8, 4) is 11.5 Å². The zero-order valence-electron chi connectivity index (χ0n) is 14.2. The number of rotatable bonds is 4. The van der Waals surface area contributed by atoms with Crippen LogP contribution in [0.1, 0.15) is 44.6 Å². The van der Waals surface area contributed by atoms with Gasteiger partial charge in [0, 0.05) is 12.1 Å². The van der Waals surface area contributed by atoms with Gasteiger partial charge in [0.25, 0.3) is 5.56 Å². The molecule has 0 radical (unpaired) electrons. The Hall–Kier alpha value is -2.28. The molecule has 24 heavy (non-hydrogen) atoms. The van der Waals surface area contributed by atoms with Gasteiger partial charge in [0.1, 0.15) is 0 Å². The van der Waals surface area contributed by atoms with Crippen molar-refractivity contribution in [3.63, 3.8) is 0 Å². The first-order valence-corrected chi connectivity index (χ1v) is 8.34. The van der Waals surface area contributed by atoms with Crippen LogP contribution in [0.5, 0.6) is 11.5 Å². The number of nitrogens with one attached hydrogen (secondary N) is 1. The first-order chi connectivity index (χ1) is 11.7.